The van der Waals surface area contributed by atoms with Crippen LogP contribution >= 0.6 is 69.1 Å². The van der Waals surface area contributed by atoms with Crippen molar-refractivity contribution in [3.05, 3.63) is 389 Å². The molecule has 4 N–H and O–H groups in total. The second kappa shape index (κ2) is 33.8. The van der Waals surface area contributed by atoms with E-state index in [1.807, 2.05) is 136 Å². The van der Waals surface area contributed by atoms with E-state index in [4.69, 9.17) is 40.4 Å². The number of methoxy groups -OCH3 is 2. The van der Waals surface area contributed by atoms with Gasteiger partial charge in [-0.2, -0.15) is 10.4 Å². The molecule has 0 saturated heterocycles. The Morgan fingerprint density at radius 3 is 1.23 bits per heavy atom. The molecule has 0 atom stereocenters. The highest BCUT2D eigenvalue weighted by Crippen LogP contribution is 2.47. The van der Waals surface area contributed by atoms with E-state index in [9.17, 15) is 0 Å². The van der Waals surface area contributed by atoms with Gasteiger partial charge >= 0.3 is 0 Å². The van der Waals surface area contributed by atoms with E-state index in [0.717, 1.165) is 137 Å². The second-order valence-electron chi connectivity index (χ2n) is 29.9. The molecule has 15 aromatic rings. The lowest BCUT2D eigenvalue weighted by atomic mass is 9.97. The zero-order valence-electron chi connectivity index (χ0n) is 65.6. The number of anilines is 3. The number of hydrogen-bond donors (Lipinski definition) is 3. The van der Waals surface area contributed by atoms with Crippen molar-refractivity contribution in [2.24, 2.45) is 20.0 Å². The molecular formula is C102H77ClN10O2S5. The van der Waals surface area contributed by atoms with Crippen molar-refractivity contribution in [1.82, 2.24) is 15.2 Å². The molecule has 12 nitrogen and oxygen atoms in total. The summed E-state index contributed by atoms with van der Waals surface area (Å²) in [6.45, 7) is 3.28. The maximum atomic E-state index is 8.91. The largest absolute Gasteiger partial charge is 0.493 e. The van der Waals surface area contributed by atoms with Crippen molar-refractivity contribution < 1.29 is 9.47 Å². The SMILES string of the molecule is C(=C\c1ccc(C2=NCC3=C2Cc2sccc23)cc1)/c1ccccc1.COc1ccc(-c2ccc(C3=NCC4=C3Cc3sccc34)cc2)cc1OC.Cl.N#Cc1ccc(-c2ccc(C3=NCC4=C3Cc3sccc34)cc2)cc1.Nc1ccc(Nc2ccc(C3=NCC4=C3Cc3sccc34)cc2)cc1.c1cncc(-c2n[nH]c3c2Cc2sccc2-3)c1. The first-order valence-electron chi connectivity index (χ1n) is 39.6. The van der Waals surface area contributed by atoms with E-state index in [2.05, 4.69) is 229 Å². The minimum atomic E-state index is 0. The number of thiophene rings is 5. The molecule has 0 amide bonds. The van der Waals surface area contributed by atoms with Crippen molar-refractivity contribution in [2.45, 2.75) is 32.1 Å². The predicted octanol–water partition coefficient (Wildman–Crippen LogP) is 24.5. The Bertz CT molecular complexity index is 6780. The molecule has 4 aliphatic heterocycles. The van der Waals surface area contributed by atoms with Crippen LogP contribution in [-0.2, 0) is 32.1 Å². The molecular weight excluding hydrogens is 1590 g/mol. The second-order valence-corrected chi connectivity index (χ2v) is 34.9. The number of benzene rings is 8. The van der Waals surface area contributed by atoms with Gasteiger partial charge in [-0.25, -0.2) is 0 Å². The highest BCUT2D eigenvalue weighted by atomic mass is 35.5. The van der Waals surface area contributed by atoms with Gasteiger partial charge in [-0.3, -0.25) is 30.1 Å². The van der Waals surface area contributed by atoms with Crippen molar-refractivity contribution in [3.8, 4) is 62.3 Å². The molecule has 18 heteroatoms. The molecule has 7 aromatic heterocycles. The smallest absolute Gasteiger partial charge is 0.161 e. The summed E-state index contributed by atoms with van der Waals surface area (Å²) in [4.78, 5) is 30.8. The molecule has 0 fully saturated rings. The van der Waals surface area contributed by atoms with E-state index < -0.39 is 0 Å². The number of aliphatic imine (C=N–C) groups is 4. The summed E-state index contributed by atoms with van der Waals surface area (Å²) in [6.07, 6.45) is 13.1. The number of aromatic amines is 1. The first kappa shape index (κ1) is 76.9. The average Bonchev–Trinajstić information content (AvgIpc) is 1.62. The standard InChI is InChI=1S/C23H19NO2S.C23H17NS.C22H14N2S.C21H17N3S.C13H9N3S.ClH/c1-25-20-8-7-16(11-21(20)26-2)14-3-5-15(6-4-14)23-18-12-22-17(9-10-27-22)19(18)13-24-23;1-2-4-16(5-3-1)6-7-17-8-10-18(11-9-17)23-20-14-22-19(12-13-25-22)21(20)15-24-23;23-12-14-1-3-15(4-2-14)16-5-7-17(8-6-16)22-19-11-21-18(9-10-25-21)20(19)13-24-22;22-14-3-7-16(8-4-14)24-15-5-1-13(2-6-15)21-18-11-20-17(9-10-25-20)19(18)12-23-21;1-2-8(7-14-4-1)12-10-6-11-9(3-5-17-11)13(10)16-15-12;/h3-11H,12-13H2,1-2H3;1-13H,14-15H2;1-10H,11,13H2;1-10,24H,11-12,22H2;1-5,7H,6H2,(H,15,16);1H/b;7-6+;;;;. The Hall–Kier alpha value is -13.0. The Labute approximate surface area is 722 Å². The van der Waals surface area contributed by atoms with Gasteiger partial charge in [0.05, 0.1) is 86.3 Å². The van der Waals surface area contributed by atoms with Gasteiger partial charge in [-0.1, -0.05) is 146 Å². The van der Waals surface area contributed by atoms with Crippen molar-refractivity contribution in [2.75, 3.05) is 51.4 Å². The van der Waals surface area contributed by atoms with Gasteiger partial charge in [0.25, 0.3) is 0 Å². The summed E-state index contributed by atoms with van der Waals surface area (Å²) >= 11 is 9.24. The van der Waals surface area contributed by atoms with Crippen LogP contribution in [0.25, 0.3) is 79.2 Å². The minimum absolute atomic E-state index is 0. The van der Waals surface area contributed by atoms with Gasteiger partial charge in [0.2, 0.25) is 0 Å². The van der Waals surface area contributed by atoms with Crippen molar-refractivity contribution >= 4 is 143 Å². The quantitative estimate of drug-likeness (QED) is 0.0761. The number of nitrogens with two attached hydrogens (primary N) is 1. The molecule has 5 aliphatic carbocycles. The molecule has 0 bridgehead atoms. The van der Waals surface area contributed by atoms with Gasteiger partial charge in [0, 0.05) is 125 Å². The van der Waals surface area contributed by atoms with Gasteiger partial charge in [0.15, 0.2) is 11.5 Å². The molecule has 0 spiro atoms. The third-order valence-corrected chi connectivity index (χ3v) is 27.8. The van der Waals surface area contributed by atoms with Gasteiger partial charge < -0.3 is 20.5 Å². The number of H-pyrrole nitrogens is 1. The van der Waals surface area contributed by atoms with Crippen LogP contribution in [-0.4, -0.2) is 78.4 Å². The Morgan fingerprint density at radius 2 is 0.783 bits per heavy atom. The predicted molar refractivity (Wildman–Crippen MR) is 505 cm³/mol. The van der Waals surface area contributed by atoms with Crippen LogP contribution in [0.5, 0.6) is 11.5 Å². The van der Waals surface area contributed by atoms with Crippen LogP contribution < -0.4 is 20.5 Å². The summed E-state index contributed by atoms with van der Waals surface area (Å²) in [6, 6.07) is 83.7. The fraction of sp³-hybridized carbons (Fsp3) is 0.108. The summed E-state index contributed by atoms with van der Waals surface area (Å²) < 4.78 is 10.8. The molecule has 0 unspecified atom stereocenters. The highest BCUT2D eigenvalue weighted by Gasteiger charge is 2.35. The zero-order valence-corrected chi connectivity index (χ0v) is 70.4. The van der Waals surface area contributed by atoms with Gasteiger partial charge in [0.1, 0.15) is 0 Å². The number of allylic oxidation sites excluding steroid dienone is 4. The number of nitrogens with zero attached hydrogens (tertiary/aromatic N) is 7. The molecule has 8 aromatic carbocycles. The first-order chi connectivity index (χ1) is 58.7. The number of rotatable bonds is 13. The molecule has 584 valence electrons. The molecule has 11 heterocycles. The van der Waals surface area contributed by atoms with Gasteiger partial charge in [-0.05, 0) is 230 Å². The number of nitrogens with one attached hydrogen (secondary N) is 2. The Kier molecular flexibility index (Phi) is 21.6. The van der Waals surface area contributed by atoms with Gasteiger partial charge in [-0.15, -0.1) is 69.1 Å². The first-order valence-corrected chi connectivity index (χ1v) is 44.0. The summed E-state index contributed by atoms with van der Waals surface area (Å²) in [7, 11) is 3.31. The molecule has 0 radical (unpaired) electrons. The van der Waals surface area contributed by atoms with E-state index in [0.29, 0.717) is 5.56 Å². The summed E-state index contributed by atoms with van der Waals surface area (Å²) in [5, 5.41) is 30.8. The minimum Gasteiger partial charge on any atom is -0.493 e. The fourth-order valence-corrected chi connectivity index (χ4v) is 21.7. The lowest BCUT2D eigenvalue weighted by molar-refractivity contribution is 0.355. The number of nitrogen functional groups attached to an aromatic ring is 1. The summed E-state index contributed by atoms with van der Waals surface area (Å²) in [5.74, 6) is 1.48. The Morgan fingerprint density at radius 1 is 0.392 bits per heavy atom. The number of pyridine rings is 1. The lowest BCUT2D eigenvalue weighted by Gasteiger charge is -2.11. The average molecular weight is 1670 g/mol. The van der Waals surface area contributed by atoms with Crippen LogP contribution in [0.1, 0.15) is 91.1 Å². The lowest BCUT2D eigenvalue weighted by Crippen LogP contribution is -2.03. The van der Waals surface area contributed by atoms with E-state index in [-0.39, 0.29) is 12.4 Å². The molecule has 24 rings (SSSR count). The van der Waals surface area contributed by atoms with Crippen molar-refractivity contribution in [3.63, 3.8) is 0 Å². The van der Waals surface area contributed by atoms with Crippen LogP contribution in [0.2, 0.25) is 0 Å². The number of ether oxygens (including phenoxy) is 2. The zero-order chi connectivity index (χ0) is 79.9. The van der Waals surface area contributed by atoms with Crippen LogP contribution in [0.4, 0.5) is 17.1 Å². The Balaban J connectivity index is 0.0000000996. The number of aromatic nitrogens is 3. The van der Waals surface area contributed by atoms with E-state index in [1.54, 1.807) is 20.4 Å². The number of nitriles is 1. The van der Waals surface area contributed by atoms with Crippen LogP contribution in [0.15, 0.2) is 318 Å². The molecule has 0 saturated carbocycles. The maximum Gasteiger partial charge on any atom is 0.161 e. The van der Waals surface area contributed by atoms with E-state index >= 15 is 0 Å². The molecule has 9 aliphatic rings. The maximum absolute atomic E-state index is 8.91. The number of hydrogen-bond acceptors (Lipinski definition) is 16. The third kappa shape index (κ3) is 15.1. The van der Waals surface area contributed by atoms with E-state index in [1.165, 1.54) is 147 Å². The molecule has 120 heavy (non-hydrogen) atoms. The van der Waals surface area contributed by atoms with Crippen molar-refractivity contribution in [1.29, 1.82) is 5.26 Å². The third-order valence-electron chi connectivity index (χ3n) is 23.2. The topological polar surface area (TPSA) is 171 Å². The number of fused-ring (bicyclic) bond motifs is 11. The van der Waals surface area contributed by atoms with Crippen LogP contribution in [0, 0.1) is 11.3 Å². The van der Waals surface area contributed by atoms with Crippen LogP contribution in [0.3, 0.4) is 0 Å². The number of halogens is 1. The normalized spacial score (nSPS) is 14.6. The summed E-state index contributed by atoms with van der Waals surface area (Å²) in [5.41, 5.74) is 48.7. The highest BCUT2D eigenvalue weighted by molar-refractivity contribution is 7.11. The fourth-order valence-electron chi connectivity index (χ4n) is 17.1. The monoisotopic (exact) mass is 1670 g/mol.